The first kappa shape index (κ1) is 17.7. The van der Waals surface area contributed by atoms with Crippen LogP contribution in [0.5, 0.6) is 0 Å². The fourth-order valence-electron chi connectivity index (χ4n) is 3.09. The maximum atomic E-state index is 11.8. The number of carbonyl (C=O) groups is 1. The van der Waals surface area contributed by atoms with Gasteiger partial charge in [0.1, 0.15) is 5.78 Å². The highest BCUT2D eigenvalue weighted by Gasteiger charge is 2.13. The number of hydrogen-bond acceptors (Lipinski definition) is 2. The number of nitrogens with one attached hydrogen (secondary N) is 1. The number of carbonyl (C=O) groups excluding carboxylic acids is 1. The Morgan fingerprint density at radius 1 is 0.950 bits per heavy atom. The second-order valence-electron chi connectivity index (χ2n) is 6.45. The number of unbranched alkanes of at least 4 members (excludes halogenated alkanes) is 7. The summed E-state index contributed by atoms with van der Waals surface area (Å²) in [6, 6.07) is 0.617. The molecule has 1 N–H and O–H groups in total. The molecule has 0 bridgehead atoms. The van der Waals surface area contributed by atoms with Gasteiger partial charge in [0.15, 0.2) is 0 Å². The monoisotopic (exact) mass is 281 g/mol. The van der Waals surface area contributed by atoms with Crippen molar-refractivity contribution in [2.75, 3.05) is 6.54 Å². The zero-order valence-electron chi connectivity index (χ0n) is 13.6. The van der Waals surface area contributed by atoms with E-state index in [1.165, 1.54) is 64.2 Å². The second kappa shape index (κ2) is 12.4. The van der Waals surface area contributed by atoms with E-state index in [2.05, 4.69) is 12.2 Å². The van der Waals surface area contributed by atoms with Crippen molar-refractivity contribution in [2.24, 2.45) is 0 Å². The second-order valence-corrected chi connectivity index (χ2v) is 6.45. The van der Waals surface area contributed by atoms with Crippen molar-refractivity contribution >= 4 is 5.78 Å². The average Bonchev–Trinajstić information content (AvgIpc) is 2.49. The van der Waals surface area contributed by atoms with E-state index in [1.54, 1.807) is 0 Å². The maximum absolute atomic E-state index is 11.8. The third kappa shape index (κ3) is 9.52. The predicted octanol–water partition coefficient (Wildman–Crippen LogP) is 5.01. The summed E-state index contributed by atoms with van der Waals surface area (Å²) in [5.74, 6) is 0.489. The molecule has 1 saturated heterocycles. The normalized spacial score (nSPS) is 19.1. The van der Waals surface area contributed by atoms with Crippen molar-refractivity contribution in [3.05, 3.63) is 0 Å². The van der Waals surface area contributed by atoms with Crippen LogP contribution < -0.4 is 5.32 Å². The van der Waals surface area contributed by atoms with Gasteiger partial charge in [0.25, 0.3) is 0 Å². The van der Waals surface area contributed by atoms with Gasteiger partial charge in [-0.25, -0.2) is 0 Å². The molecule has 0 aromatic carbocycles. The minimum atomic E-state index is 0.489. The van der Waals surface area contributed by atoms with E-state index < -0.39 is 0 Å². The highest BCUT2D eigenvalue weighted by Crippen LogP contribution is 2.14. The molecule has 20 heavy (non-hydrogen) atoms. The van der Waals surface area contributed by atoms with Crippen LogP contribution in [0.4, 0.5) is 0 Å². The molecule has 0 radical (unpaired) electrons. The molecule has 0 aliphatic carbocycles. The van der Waals surface area contributed by atoms with Gasteiger partial charge in [0, 0.05) is 18.9 Å². The van der Waals surface area contributed by atoms with Crippen LogP contribution in [0.15, 0.2) is 0 Å². The molecule has 1 aliphatic heterocycles. The summed E-state index contributed by atoms with van der Waals surface area (Å²) in [6.45, 7) is 3.41. The molecule has 1 atom stereocenters. The van der Waals surface area contributed by atoms with Crippen molar-refractivity contribution in [3.63, 3.8) is 0 Å². The van der Waals surface area contributed by atoms with Crippen molar-refractivity contribution in [2.45, 2.75) is 103 Å². The number of Topliss-reactive ketones (excluding diaryl/α,β-unsaturated/α-hetero) is 1. The summed E-state index contributed by atoms with van der Waals surface area (Å²) >= 11 is 0. The summed E-state index contributed by atoms with van der Waals surface area (Å²) in [5, 5.41) is 3.52. The lowest BCUT2D eigenvalue weighted by Crippen LogP contribution is -2.34. The number of ketones is 1. The van der Waals surface area contributed by atoms with Crippen LogP contribution in [-0.4, -0.2) is 18.4 Å². The standard InChI is InChI=1S/C18H35NO/c1-2-3-4-5-6-7-8-9-13-18(20)15-14-17-12-10-11-16-19-17/h17,19H,2-16H2,1H3. The maximum Gasteiger partial charge on any atom is 0.132 e. The summed E-state index contributed by atoms with van der Waals surface area (Å²) in [4.78, 5) is 11.8. The van der Waals surface area contributed by atoms with Gasteiger partial charge in [-0.1, -0.05) is 58.3 Å². The topological polar surface area (TPSA) is 29.1 Å². The lowest BCUT2D eigenvalue weighted by Gasteiger charge is -2.22. The molecule has 2 nitrogen and oxygen atoms in total. The van der Waals surface area contributed by atoms with Crippen molar-refractivity contribution in [1.82, 2.24) is 5.32 Å². The first-order valence-electron chi connectivity index (χ1n) is 9.08. The zero-order valence-corrected chi connectivity index (χ0v) is 13.6. The van der Waals surface area contributed by atoms with Gasteiger partial charge in [-0.05, 0) is 32.2 Å². The van der Waals surface area contributed by atoms with E-state index in [4.69, 9.17) is 0 Å². The van der Waals surface area contributed by atoms with Crippen LogP contribution in [0.1, 0.15) is 96.8 Å². The van der Waals surface area contributed by atoms with Crippen LogP contribution in [0, 0.1) is 0 Å². The van der Waals surface area contributed by atoms with E-state index in [9.17, 15) is 4.79 Å². The highest BCUT2D eigenvalue weighted by atomic mass is 16.1. The molecule has 1 unspecified atom stereocenters. The quantitative estimate of drug-likeness (QED) is 0.510. The molecular weight excluding hydrogens is 246 g/mol. The Bertz CT molecular complexity index is 234. The van der Waals surface area contributed by atoms with Crippen molar-refractivity contribution < 1.29 is 4.79 Å². The molecule has 118 valence electrons. The van der Waals surface area contributed by atoms with Crippen LogP contribution in [0.25, 0.3) is 0 Å². The van der Waals surface area contributed by atoms with Crippen molar-refractivity contribution in [3.8, 4) is 0 Å². The number of rotatable bonds is 12. The molecule has 1 heterocycles. The van der Waals surface area contributed by atoms with Gasteiger partial charge in [-0.2, -0.15) is 0 Å². The van der Waals surface area contributed by atoms with Gasteiger partial charge in [0.05, 0.1) is 0 Å². The van der Waals surface area contributed by atoms with Gasteiger partial charge >= 0.3 is 0 Å². The zero-order chi connectivity index (χ0) is 14.5. The minimum absolute atomic E-state index is 0.489. The lowest BCUT2D eigenvalue weighted by molar-refractivity contribution is -0.119. The summed E-state index contributed by atoms with van der Waals surface area (Å²) in [6.07, 6.45) is 17.1. The highest BCUT2D eigenvalue weighted by molar-refractivity contribution is 5.78. The predicted molar refractivity (Wildman–Crippen MR) is 87.1 cm³/mol. The molecule has 2 heteroatoms. The summed E-state index contributed by atoms with van der Waals surface area (Å²) < 4.78 is 0. The van der Waals surface area contributed by atoms with E-state index in [0.717, 1.165) is 32.2 Å². The summed E-state index contributed by atoms with van der Waals surface area (Å²) in [5.41, 5.74) is 0. The Morgan fingerprint density at radius 2 is 1.65 bits per heavy atom. The van der Waals surface area contributed by atoms with E-state index in [0.29, 0.717) is 11.8 Å². The fraction of sp³-hybridized carbons (Fsp3) is 0.944. The van der Waals surface area contributed by atoms with Gasteiger partial charge in [0.2, 0.25) is 0 Å². The SMILES string of the molecule is CCCCCCCCCCC(=O)CCC1CCCCN1. The number of piperidine rings is 1. The Balaban J connectivity index is 1.84. The molecule has 1 rings (SSSR count). The molecule has 0 amide bonds. The molecule has 1 aliphatic rings. The Kier molecular flexibility index (Phi) is 10.9. The third-order valence-electron chi connectivity index (χ3n) is 4.49. The van der Waals surface area contributed by atoms with Gasteiger partial charge in [-0.15, -0.1) is 0 Å². The number of hydrogen-bond donors (Lipinski definition) is 1. The molecule has 0 spiro atoms. The molecular formula is C18H35NO. The van der Waals surface area contributed by atoms with E-state index >= 15 is 0 Å². The van der Waals surface area contributed by atoms with Gasteiger partial charge < -0.3 is 5.32 Å². The van der Waals surface area contributed by atoms with Crippen molar-refractivity contribution in [1.29, 1.82) is 0 Å². The minimum Gasteiger partial charge on any atom is -0.314 e. The van der Waals surface area contributed by atoms with Gasteiger partial charge in [-0.3, -0.25) is 4.79 Å². The molecule has 1 fully saturated rings. The molecule has 0 aromatic heterocycles. The van der Waals surface area contributed by atoms with Crippen LogP contribution >= 0.6 is 0 Å². The Labute approximate surface area is 126 Å². The fourth-order valence-corrected chi connectivity index (χ4v) is 3.09. The summed E-state index contributed by atoms with van der Waals surface area (Å²) in [7, 11) is 0. The first-order chi connectivity index (χ1) is 9.83. The third-order valence-corrected chi connectivity index (χ3v) is 4.49. The van der Waals surface area contributed by atoms with Crippen LogP contribution in [-0.2, 0) is 4.79 Å². The van der Waals surface area contributed by atoms with E-state index in [-0.39, 0.29) is 0 Å². The smallest absolute Gasteiger partial charge is 0.132 e. The van der Waals surface area contributed by atoms with E-state index in [1.807, 2.05) is 0 Å². The Hall–Kier alpha value is -0.370. The molecule has 0 saturated carbocycles. The largest absolute Gasteiger partial charge is 0.314 e. The van der Waals surface area contributed by atoms with Crippen LogP contribution in [0.2, 0.25) is 0 Å². The Morgan fingerprint density at radius 3 is 2.30 bits per heavy atom. The average molecular weight is 281 g/mol. The lowest BCUT2D eigenvalue weighted by atomic mass is 9.98. The first-order valence-corrected chi connectivity index (χ1v) is 9.08. The van der Waals surface area contributed by atoms with Crippen LogP contribution in [0.3, 0.4) is 0 Å². The molecule has 0 aromatic rings.